The van der Waals surface area contributed by atoms with E-state index in [-0.39, 0.29) is 24.3 Å². The first-order valence-electron chi connectivity index (χ1n) is 7.34. The van der Waals surface area contributed by atoms with E-state index in [2.05, 4.69) is 16.3 Å². The Bertz CT molecular complexity index is 725. The Morgan fingerprint density at radius 1 is 1.41 bits per heavy atom. The zero-order valence-corrected chi connectivity index (χ0v) is 13.3. The summed E-state index contributed by atoms with van der Waals surface area (Å²) in [6, 6.07) is 8.11. The van der Waals surface area contributed by atoms with Crippen LogP contribution in [0.5, 0.6) is 0 Å². The van der Waals surface area contributed by atoms with E-state index in [1.807, 2.05) is 18.2 Å². The number of amides is 2. The van der Waals surface area contributed by atoms with E-state index in [0.29, 0.717) is 0 Å². The Balaban J connectivity index is 1.98. The number of likely N-dealkylation sites (tertiary alicyclic amines) is 1. The number of hydrogen-bond acceptors (Lipinski definition) is 4. The lowest BCUT2D eigenvalue weighted by atomic mass is 9.95. The van der Waals surface area contributed by atoms with E-state index in [0.717, 1.165) is 40.0 Å². The minimum atomic E-state index is -0.303. The van der Waals surface area contributed by atoms with E-state index < -0.39 is 0 Å². The fourth-order valence-corrected chi connectivity index (χ4v) is 4.42. The van der Waals surface area contributed by atoms with E-state index in [9.17, 15) is 9.59 Å². The number of benzene rings is 1. The first-order valence-corrected chi connectivity index (χ1v) is 8.16. The van der Waals surface area contributed by atoms with Gasteiger partial charge in [0.2, 0.25) is 5.91 Å². The van der Waals surface area contributed by atoms with Gasteiger partial charge >= 0.3 is 0 Å². The lowest BCUT2D eigenvalue weighted by molar-refractivity contribution is -0.118. The molecule has 116 valence electrons. The number of hydrogen-bond donors (Lipinski definition) is 2. The summed E-state index contributed by atoms with van der Waals surface area (Å²) >= 11 is 1.54. The van der Waals surface area contributed by atoms with Crippen LogP contribution in [0, 0.1) is 0 Å². The molecule has 1 aromatic carbocycles. The fourth-order valence-electron chi connectivity index (χ4n) is 3.19. The van der Waals surface area contributed by atoms with E-state index >= 15 is 0 Å². The molecule has 6 heteroatoms. The molecule has 2 aromatic rings. The summed E-state index contributed by atoms with van der Waals surface area (Å²) < 4.78 is 1.13. The van der Waals surface area contributed by atoms with Gasteiger partial charge in [0.05, 0.1) is 11.4 Å². The molecule has 1 saturated heterocycles. The molecular formula is C16H19N3O2S. The van der Waals surface area contributed by atoms with Gasteiger partial charge in [0, 0.05) is 24.2 Å². The summed E-state index contributed by atoms with van der Waals surface area (Å²) in [5.41, 5.74) is 6.40. The summed E-state index contributed by atoms with van der Waals surface area (Å²) in [6.45, 7) is 1.90. The van der Waals surface area contributed by atoms with E-state index in [1.54, 1.807) is 7.05 Å². The molecular weight excluding hydrogens is 298 g/mol. The zero-order valence-electron chi connectivity index (χ0n) is 12.5. The number of thiophene rings is 1. The maximum absolute atomic E-state index is 12.2. The van der Waals surface area contributed by atoms with Crippen molar-refractivity contribution in [3.8, 4) is 0 Å². The summed E-state index contributed by atoms with van der Waals surface area (Å²) in [5.74, 6) is -0.0743. The van der Waals surface area contributed by atoms with Gasteiger partial charge in [0.1, 0.15) is 0 Å². The molecule has 0 spiro atoms. The largest absolute Gasteiger partial charge is 0.369 e. The molecule has 1 aromatic heterocycles. The Labute approximate surface area is 133 Å². The highest BCUT2D eigenvalue weighted by Crippen LogP contribution is 2.39. The SMILES string of the molecule is CNC(=O)c1sc2ccccc2c1[C@H]1CCN(CC(N)=O)C1. The van der Waals surface area contributed by atoms with E-state index in [1.165, 1.54) is 11.3 Å². The Morgan fingerprint density at radius 2 is 2.18 bits per heavy atom. The number of nitrogens with one attached hydrogen (secondary N) is 1. The summed E-state index contributed by atoms with van der Waals surface area (Å²) in [7, 11) is 1.66. The number of nitrogens with two attached hydrogens (primary N) is 1. The standard InChI is InChI=1S/C16H19N3O2S/c1-18-16(21)15-14(11-4-2-3-5-12(11)22-15)10-6-7-19(8-10)9-13(17)20/h2-5,10H,6-9H2,1H3,(H2,17,20)(H,18,21)/t10-/m0/s1. The molecule has 1 aliphatic heterocycles. The van der Waals surface area contributed by atoms with Crippen molar-refractivity contribution in [1.29, 1.82) is 0 Å². The molecule has 22 heavy (non-hydrogen) atoms. The van der Waals surface area contributed by atoms with E-state index in [4.69, 9.17) is 5.73 Å². The minimum Gasteiger partial charge on any atom is -0.369 e. The second kappa shape index (κ2) is 6.06. The van der Waals surface area contributed by atoms with Crippen LogP contribution in [-0.2, 0) is 4.79 Å². The highest BCUT2D eigenvalue weighted by molar-refractivity contribution is 7.21. The first kappa shape index (κ1) is 15.0. The third kappa shape index (κ3) is 2.71. The predicted molar refractivity (Wildman–Crippen MR) is 88.2 cm³/mol. The number of nitrogens with zero attached hydrogens (tertiary/aromatic N) is 1. The molecule has 1 fully saturated rings. The minimum absolute atomic E-state index is 0.0375. The maximum atomic E-state index is 12.2. The van der Waals surface area contributed by atoms with Crippen molar-refractivity contribution in [2.24, 2.45) is 5.73 Å². The lowest BCUT2D eigenvalue weighted by Gasteiger charge is -2.14. The number of rotatable bonds is 4. The van der Waals surface area contributed by atoms with Crippen LogP contribution in [0.15, 0.2) is 24.3 Å². The number of carbonyl (C=O) groups is 2. The molecule has 5 nitrogen and oxygen atoms in total. The van der Waals surface area contributed by atoms with Crippen LogP contribution >= 0.6 is 11.3 Å². The predicted octanol–water partition coefficient (Wildman–Crippen LogP) is 1.54. The van der Waals surface area contributed by atoms with Crippen molar-refractivity contribution in [1.82, 2.24) is 10.2 Å². The van der Waals surface area contributed by atoms with Gasteiger partial charge in [0.15, 0.2) is 0 Å². The zero-order chi connectivity index (χ0) is 15.7. The molecule has 2 amide bonds. The highest BCUT2D eigenvalue weighted by Gasteiger charge is 2.30. The van der Waals surface area contributed by atoms with Crippen LogP contribution in [0.4, 0.5) is 0 Å². The van der Waals surface area contributed by atoms with Crippen molar-refractivity contribution < 1.29 is 9.59 Å². The van der Waals surface area contributed by atoms with Gasteiger partial charge in [-0.05, 0) is 30.0 Å². The van der Waals surface area contributed by atoms with Crippen LogP contribution in [0.1, 0.15) is 27.6 Å². The highest BCUT2D eigenvalue weighted by atomic mass is 32.1. The molecule has 0 saturated carbocycles. The third-order valence-electron chi connectivity index (χ3n) is 4.13. The molecule has 1 aliphatic rings. The first-order chi connectivity index (χ1) is 10.6. The topological polar surface area (TPSA) is 75.4 Å². The molecule has 0 radical (unpaired) electrons. The molecule has 3 N–H and O–H groups in total. The molecule has 3 rings (SSSR count). The summed E-state index contributed by atoms with van der Waals surface area (Å²) in [6.07, 6.45) is 0.942. The molecule has 0 unspecified atom stereocenters. The van der Waals surface area contributed by atoms with Crippen LogP contribution in [-0.4, -0.2) is 43.4 Å². The van der Waals surface area contributed by atoms with Gasteiger partial charge in [-0.25, -0.2) is 0 Å². The van der Waals surface area contributed by atoms with Gasteiger partial charge in [-0.2, -0.15) is 0 Å². The monoisotopic (exact) mass is 317 g/mol. The normalized spacial score (nSPS) is 18.7. The average molecular weight is 317 g/mol. The molecule has 0 bridgehead atoms. The Kier molecular flexibility index (Phi) is 4.13. The van der Waals surface area contributed by atoms with Crippen molar-refractivity contribution in [2.45, 2.75) is 12.3 Å². The third-order valence-corrected chi connectivity index (χ3v) is 5.31. The van der Waals surface area contributed by atoms with Crippen LogP contribution in [0.25, 0.3) is 10.1 Å². The molecule has 1 atom stereocenters. The number of fused-ring (bicyclic) bond motifs is 1. The van der Waals surface area contributed by atoms with Crippen molar-refractivity contribution in [3.05, 3.63) is 34.7 Å². The van der Waals surface area contributed by atoms with Crippen LogP contribution in [0.2, 0.25) is 0 Å². The molecule has 2 heterocycles. The van der Waals surface area contributed by atoms with Crippen LogP contribution in [0.3, 0.4) is 0 Å². The Hall–Kier alpha value is -1.92. The van der Waals surface area contributed by atoms with Crippen molar-refractivity contribution in [2.75, 3.05) is 26.7 Å². The number of primary amides is 1. The summed E-state index contributed by atoms with van der Waals surface area (Å²) in [5, 5.41) is 3.88. The van der Waals surface area contributed by atoms with Crippen molar-refractivity contribution in [3.63, 3.8) is 0 Å². The van der Waals surface area contributed by atoms with Gasteiger partial charge in [-0.15, -0.1) is 11.3 Å². The van der Waals surface area contributed by atoms with Gasteiger partial charge < -0.3 is 11.1 Å². The second-order valence-corrected chi connectivity index (χ2v) is 6.66. The Morgan fingerprint density at radius 3 is 2.91 bits per heavy atom. The maximum Gasteiger partial charge on any atom is 0.261 e. The number of carbonyl (C=O) groups excluding carboxylic acids is 2. The summed E-state index contributed by atoms with van der Waals surface area (Å²) in [4.78, 5) is 26.2. The van der Waals surface area contributed by atoms with Crippen LogP contribution < -0.4 is 11.1 Å². The lowest BCUT2D eigenvalue weighted by Crippen LogP contribution is -2.32. The van der Waals surface area contributed by atoms with Gasteiger partial charge in [0.25, 0.3) is 5.91 Å². The van der Waals surface area contributed by atoms with Crippen molar-refractivity contribution >= 4 is 33.2 Å². The quantitative estimate of drug-likeness (QED) is 0.898. The fraction of sp³-hybridized carbons (Fsp3) is 0.375. The molecule has 0 aliphatic carbocycles. The smallest absolute Gasteiger partial charge is 0.261 e. The van der Waals surface area contributed by atoms with Gasteiger partial charge in [-0.1, -0.05) is 18.2 Å². The van der Waals surface area contributed by atoms with Gasteiger partial charge in [-0.3, -0.25) is 14.5 Å². The second-order valence-electron chi connectivity index (χ2n) is 5.61. The average Bonchev–Trinajstić information content (AvgIpc) is 3.09.